The highest BCUT2D eigenvalue weighted by atomic mass is 19.1. The van der Waals surface area contributed by atoms with E-state index in [1.165, 1.54) is 18.1 Å². The average molecular weight is 454 g/mol. The zero-order valence-electron chi connectivity index (χ0n) is 19.1. The van der Waals surface area contributed by atoms with Crippen LogP contribution in [0.4, 0.5) is 16.0 Å². The molecule has 0 spiro atoms. The van der Waals surface area contributed by atoms with E-state index in [-0.39, 0.29) is 18.5 Å². The van der Waals surface area contributed by atoms with Crippen LogP contribution in [0.2, 0.25) is 0 Å². The number of anilines is 2. The number of hydrogen-bond donors (Lipinski definition) is 1. The highest BCUT2D eigenvalue weighted by Gasteiger charge is 2.34. The second-order valence-corrected chi connectivity index (χ2v) is 8.89. The van der Waals surface area contributed by atoms with Crippen molar-refractivity contribution in [2.75, 3.05) is 32.6 Å². The number of carbonyl (C=O) groups is 1. The van der Waals surface area contributed by atoms with E-state index in [9.17, 15) is 9.18 Å². The molecule has 3 aromatic rings. The Bertz CT molecular complexity index is 1200. The molecular weight excluding hydrogens is 425 g/mol. The first-order chi connectivity index (χ1) is 15.9. The smallest absolute Gasteiger partial charge is 0.229 e. The van der Waals surface area contributed by atoms with Crippen LogP contribution < -0.4 is 10.1 Å². The zero-order valence-corrected chi connectivity index (χ0v) is 19.1. The number of carbonyl (C=O) groups excluding carboxylic acids is 1. The first kappa shape index (κ1) is 21.6. The number of ether oxygens (including phenoxy) is 1. The van der Waals surface area contributed by atoms with E-state index in [0.29, 0.717) is 24.6 Å². The Kier molecular flexibility index (Phi) is 5.61. The Balaban J connectivity index is 1.42. The topological polar surface area (TPSA) is 88.4 Å². The van der Waals surface area contributed by atoms with E-state index < -0.39 is 6.17 Å². The molecule has 0 bridgehead atoms. The minimum absolute atomic E-state index is 0.126. The first-order valence-electron chi connectivity index (χ1n) is 11.2. The van der Waals surface area contributed by atoms with Crippen LogP contribution in [0.15, 0.2) is 24.5 Å². The van der Waals surface area contributed by atoms with Crippen molar-refractivity contribution in [3.05, 3.63) is 35.7 Å². The Morgan fingerprint density at radius 2 is 2.15 bits per heavy atom. The van der Waals surface area contributed by atoms with Gasteiger partial charge in [0.05, 0.1) is 43.5 Å². The number of alkyl halides is 1. The maximum atomic E-state index is 14.0. The Labute approximate surface area is 191 Å². The Morgan fingerprint density at radius 1 is 1.30 bits per heavy atom. The summed E-state index contributed by atoms with van der Waals surface area (Å²) >= 11 is 0. The summed E-state index contributed by atoms with van der Waals surface area (Å²) < 4.78 is 21.3. The number of methoxy groups -OCH3 is 1. The van der Waals surface area contributed by atoms with E-state index >= 15 is 0 Å². The summed E-state index contributed by atoms with van der Waals surface area (Å²) in [6, 6.07) is 3.93. The minimum atomic E-state index is -1.01. The predicted molar refractivity (Wildman–Crippen MR) is 122 cm³/mol. The van der Waals surface area contributed by atoms with Crippen LogP contribution in [-0.2, 0) is 24.3 Å². The third kappa shape index (κ3) is 4.22. The van der Waals surface area contributed by atoms with E-state index in [1.54, 1.807) is 29.1 Å². The molecule has 1 N–H and O–H groups in total. The lowest BCUT2D eigenvalue weighted by molar-refractivity contribution is -0.130. The number of rotatable bonds is 5. The van der Waals surface area contributed by atoms with E-state index in [0.717, 1.165) is 36.3 Å². The Morgan fingerprint density at radius 3 is 2.94 bits per heavy atom. The van der Waals surface area contributed by atoms with Crippen molar-refractivity contribution in [3.63, 3.8) is 0 Å². The molecule has 2 atom stereocenters. The van der Waals surface area contributed by atoms with Gasteiger partial charge in [0.2, 0.25) is 11.9 Å². The van der Waals surface area contributed by atoms with Crippen molar-refractivity contribution < 1.29 is 13.9 Å². The highest BCUT2D eigenvalue weighted by molar-refractivity contribution is 5.76. The van der Waals surface area contributed by atoms with Gasteiger partial charge in [-0.25, -0.2) is 14.1 Å². The van der Waals surface area contributed by atoms with E-state index in [2.05, 4.69) is 44.5 Å². The molecule has 1 amide bonds. The predicted octanol–water partition coefficient (Wildman–Crippen LogP) is 2.53. The van der Waals surface area contributed by atoms with Crippen LogP contribution in [0.5, 0.6) is 5.75 Å². The standard InChI is InChI=1S/C23H28FN7O2/c1-14(32)30-12-18(24)8-19(30)13-31-22-17(10-26-31)9-25-23(28-22)27-20-6-16-11-29(2)5-4-15(16)7-21(20)33-3/h6-7,9-10,18-19H,4-5,8,11-13H2,1-3H3,(H,25,27,28)/t18-,19+/m1/s1. The second kappa shape index (κ2) is 8.58. The molecule has 2 aliphatic heterocycles. The zero-order chi connectivity index (χ0) is 23.1. The highest BCUT2D eigenvalue weighted by Crippen LogP contribution is 2.33. The number of aromatic nitrogens is 4. The lowest BCUT2D eigenvalue weighted by atomic mass is 9.99. The van der Waals surface area contributed by atoms with Crippen molar-refractivity contribution in [1.82, 2.24) is 29.5 Å². The SMILES string of the molecule is COc1cc2c(cc1Nc1ncc3cnn(C[C@@H]4C[C@@H](F)CN4C(C)=O)c3n1)CN(C)CC2. The molecule has 5 rings (SSSR count). The van der Waals surface area contributed by atoms with Gasteiger partial charge >= 0.3 is 0 Å². The lowest BCUT2D eigenvalue weighted by Gasteiger charge is -2.26. The summed E-state index contributed by atoms with van der Waals surface area (Å²) in [7, 11) is 3.77. The summed E-state index contributed by atoms with van der Waals surface area (Å²) in [5.74, 6) is 1.04. The molecule has 0 aliphatic carbocycles. The fraction of sp³-hybridized carbons (Fsp3) is 0.478. The van der Waals surface area contributed by atoms with Gasteiger partial charge in [0, 0.05) is 32.6 Å². The average Bonchev–Trinajstić information content (AvgIpc) is 3.36. The molecule has 0 unspecified atom stereocenters. The number of fused-ring (bicyclic) bond motifs is 2. The third-order valence-electron chi connectivity index (χ3n) is 6.50. The Hall–Kier alpha value is -3.27. The van der Waals surface area contributed by atoms with E-state index in [1.807, 2.05) is 0 Å². The van der Waals surface area contributed by atoms with Crippen LogP contribution >= 0.6 is 0 Å². The van der Waals surface area contributed by atoms with Crippen molar-refractivity contribution in [2.45, 2.75) is 45.1 Å². The van der Waals surface area contributed by atoms with Gasteiger partial charge in [-0.3, -0.25) is 4.79 Å². The normalized spacial score (nSPS) is 20.8. The molecule has 0 saturated carbocycles. The van der Waals surface area contributed by atoms with Crippen LogP contribution in [0.3, 0.4) is 0 Å². The molecule has 1 saturated heterocycles. The van der Waals surface area contributed by atoms with Gasteiger partial charge in [0.25, 0.3) is 0 Å². The second-order valence-electron chi connectivity index (χ2n) is 8.89. The quantitative estimate of drug-likeness (QED) is 0.635. The van der Waals surface area contributed by atoms with Crippen molar-refractivity contribution in [3.8, 4) is 5.75 Å². The summed E-state index contributed by atoms with van der Waals surface area (Å²) in [5, 5.41) is 8.50. The van der Waals surface area contributed by atoms with Gasteiger partial charge < -0.3 is 19.9 Å². The number of likely N-dealkylation sites (tertiary alicyclic amines) is 1. The maximum Gasteiger partial charge on any atom is 0.229 e. The lowest BCUT2D eigenvalue weighted by Crippen LogP contribution is -2.36. The van der Waals surface area contributed by atoms with Crippen molar-refractivity contribution in [2.24, 2.45) is 0 Å². The molecule has 1 fully saturated rings. The molecule has 0 radical (unpaired) electrons. The van der Waals surface area contributed by atoms with Gasteiger partial charge in [0.1, 0.15) is 11.9 Å². The van der Waals surface area contributed by atoms with Crippen LogP contribution in [-0.4, -0.2) is 74.9 Å². The first-order valence-corrected chi connectivity index (χ1v) is 11.2. The number of amides is 1. The van der Waals surface area contributed by atoms with E-state index in [4.69, 9.17) is 4.74 Å². The molecule has 33 heavy (non-hydrogen) atoms. The maximum absolute atomic E-state index is 14.0. The van der Waals surface area contributed by atoms with Crippen molar-refractivity contribution in [1.29, 1.82) is 0 Å². The van der Waals surface area contributed by atoms with Crippen molar-refractivity contribution >= 4 is 28.6 Å². The summed E-state index contributed by atoms with van der Waals surface area (Å²) in [5.41, 5.74) is 3.98. The van der Waals surface area contributed by atoms with Gasteiger partial charge in [0.15, 0.2) is 5.65 Å². The molecule has 1 aromatic carbocycles. The van der Waals surface area contributed by atoms with Gasteiger partial charge in [-0.15, -0.1) is 0 Å². The minimum Gasteiger partial charge on any atom is -0.495 e. The number of halogens is 1. The van der Waals surface area contributed by atoms with Gasteiger partial charge in [-0.05, 0) is 36.7 Å². The number of nitrogens with one attached hydrogen (secondary N) is 1. The van der Waals surface area contributed by atoms with Gasteiger partial charge in [-0.2, -0.15) is 10.1 Å². The monoisotopic (exact) mass is 453 g/mol. The summed E-state index contributed by atoms with van der Waals surface area (Å²) in [4.78, 5) is 24.9. The van der Waals surface area contributed by atoms with Gasteiger partial charge in [-0.1, -0.05) is 0 Å². The summed E-state index contributed by atoms with van der Waals surface area (Å²) in [6.07, 6.45) is 3.68. The molecule has 2 aromatic heterocycles. The molecule has 4 heterocycles. The molecule has 10 heteroatoms. The fourth-order valence-electron chi connectivity index (χ4n) is 4.79. The van der Waals surface area contributed by atoms with Crippen LogP contribution in [0.25, 0.3) is 11.0 Å². The van der Waals surface area contributed by atoms with Crippen LogP contribution in [0.1, 0.15) is 24.5 Å². The van der Waals surface area contributed by atoms with Crippen LogP contribution in [0, 0.1) is 0 Å². The number of nitrogens with zero attached hydrogens (tertiary/aromatic N) is 6. The largest absolute Gasteiger partial charge is 0.495 e. The molecular formula is C23H28FN7O2. The number of hydrogen-bond acceptors (Lipinski definition) is 7. The molecule has 9 nitrogen and oxygen atoms in total. The molecule has 2 aliphatic rings. The summed E-state index contributed by atoms with van der Waals surface area (Å²) in [6.45, 7) is 3.89. The number of benzene rings is 1. The molecule has 174 valence electrons. The fourth-order valence-corrected chi connectivity index (χ4v) is 4.79. The third-order valence-corrected chi connectivity index (χ3v) is 6.50. The number of likely N-dealkylation sites (N-methyl/N-ethyl adjacent to an activating group) is 1.